The van der Waals surface area contributed by atoms with Gasteiger partial charge in [0.1, 0.15) is 0 Å². The van der Waals surface area contributed by atoms with Crippen molar-refractivity contribution in [3.63, 3.8) is 0 Å². The van der Waals surface area contributed by atoms with E-state index >= 15 is 0 Å². The number of ether oxygens (including phenoxy) is 1. The summed E-state index contributed by atoms with van der Waals surface area (Å²) in [4.78, 5) is 9.05. The van der Waals surface area contributed by atoms with Crippen LogP contribution in [0.25, 0.3) is 10.9 Å². The van der Waals surface area contributed by atoms with Gasteiger partial charge in [-0.05, 0) is 38.4 Å². The van der Waals surface area contributed by atoms with Crippen LogP contribution in [0, 0.1) is 0 Å². The summed E-state index contributed by atoms with van der Waals surface area (Å²) in [6.07, 6.45) is 2.14. The number of halogens is 1. The molecule has 1 aromatic heterocycles. The van der Waals surface area contributed by atoms with Gasteiger partial charge in [-0.3, -0.25) is 4.98 Å². The van der Waals surface area contributed by atoms with E-state index in [0.29, 0.717) is 0 Å². The quantitative estimate of drug-likeness (QED) is 0.851. The maximum absolute atomic E-state index is 5.87. The number of aromatic nitrogens is 1. The van der Waals surface area contributed by atoms with Gasteiger partial charge < -0.3 is 14.5 Å². The second kappa shape index (κ2) is 6.30. The normalized spacial score (nSPS) is 19.4. The number of likely N-dealkylation sites (N-methyl/N-ethyl adjacent to an activating group) is 1. The Labute approximate surface area is 133 Å². The molecular weight excluding hydrogens is 330 g/mol. The van der Waals surface area contributed by atoms with Gasteiger partial charge in [-0.1, -0.05) is 15.9 Å². The highest BCUT2D eigenvalue weighted by atomic mass is 79.9. The number of benzene rings is 1. The lowest BCUT2D eigenvalue weighted by atomic mass is 10.1. The van der Waals surface area contributed by atoms with E-state index < -0.39 is 0 Å². The molecule has 1 unspecified atom stereocenters. The molecule has 5 heteroatoms. The molecule has 0 N–H and O–H groups in total. The molecule has 0 spiro atoms. The van der Waals surface area contributed by atoms with Crippen LogP contribution in [0.3, 0.4) is 0 Å². The predicted molar refractivity (Wildman–Crippen MR) is 90.0 cm³/mol. The molecule has 1 fully saturated rings. The number of anilines is 1. The number of fused-ring (bicyclic) bond motifs is 1. The molecule has 112 valence electrons. The largest absolute Gasteiger partial charge is 0.373 e. The van der Waals surface area contributed by atoms with Crippen molar-refractivity contribution in [3.8, 4) is 0 Å². The van der Waals surface area contributed by atoms with E-state index in [9.17, 15) is 0 Å². The fraction of sp³-hybridized carbons (Fsp3) is 0.438. The lowest BCUT2D eigenvalue weighted by molar-refractivity contribution is 0.0248. The third-order valence-corrected chi connectivity index (χ3v) is 4.22. The molecule has 2 heterocycles. The Kier molecular flexibility index (Phi) is 4.42. The van der Waals surface area contributed by atoms with Gasteiger partial charge in [-0.15, -0.1) is 0 Å². The molecule has 0 aliphatic carbocycles. The summed E-state index contributed by atoms with van der Waals surface area (Å²) in [5.74, 6) is 0. The highest BCUT2D eigenvalue weighted by Crippen LogP contribution is 2.29. The standard InChI is InChI=1S/C16H20BrN3O/c1-19(2)10-13-11-20(7-8-21-13)16-5-6-18-15-4-3-12(17)9-14(15)16/h3-6,9,13H,7-8,10-11H2,1-2H3. The van der Waals surface area contributed by atoms with Crippen LogP contribution in [0.15, 0.2) is 34.9 Å². The van der Waals surface area contributed by atoms with Gasteiger partial charge in [0, 0.05) is 41.4 Å². The first-order chi connectivity index (χ1) is 10.1. The van der Waals surface area contributed by atoms with Crippen molar-refractivity contribution in [3.05, 3.63) is 34.9 Å². The van der Waals surface area contributed by atoms with Crippen molar-refractivity contribution < 1.29 is 4.74 Å². The zero-order chi connectivity index (χ0) is 14.8. The highest BCUT2D eigenvalue weighted by Gasteiger charge is 2.22. The molecule has 4 nitrogen and oxygen atoms in total. The number of nitrogens with zero attached hydrogens (tertiary/aromatic N) is 3. The summed E-state index contributed by atoms with van der Waals surface area (Å²) in [5.41, 5.74) is 2.28. The maximum atomic E-state index is 5.87. The van der Waals surface area contributed by atoms with E-state index in [-0.39, 0.29) is 6.10 Å². The van der Waals surface area contributed by atoms with Crippen LogP contribution >= 0.6 is 15.9 Å². The Hall–Kier alpha value is -1.17. The molecule has 1 aromatic carbocycles. The fourth-order valence-electron chi connectivity index (χ4n) is 2.84. The fourth-order valence-corrected chi connectivity index (χ4v) is 3.20. The highest BCUT2D eigenvalue weighted by molar-refractivity contribution is 9.10. The number of pyridine rings is 1. The molecule has 0 radical (unpaired) electrons. The van der Waals surface area contributed by atoms with Gasteiger partial charge >= 0.3 is 0 Å². The zero-order valence-corrected chi connectivity index (χ0v) is 14.0. The minimum atomic E-state index is 0.254. The monoisotopic (exact) mass is 349 g/mol. The first-order valence-electron chi connectivity index (χ1n) is 7.19. The van der Waals surface area contributed by atoms with Crippen molar-refractivity contribution in [2.24, 2.45) is 0 Å². The van der Waals surface area contributed by atoms with Crippen molar-refractivity contribution in [1.29, 1.82) is 0 Å². The third-order valence-electron chi connectivity index (χ3n) is 3.73. The van der Waals surface area contributed by atoms with E-state index in [1.54, 1.807) is 0 Å². The van der Waals surface area contributed by atoms with Gasteiger partial charge in [0.25, 0.3) is 0 Å². The van der Waals surface area contributed by atoms with E-state index in [2.05, 4.69) is 63.0 Å². The molecule has 3 rings (SSSR count). The molecule has 2 aromatic rings. The summed E-state index contributed by atoms with van der Waals surface area (Å²) >= 11 is 3.56. The second-order valence-corrected chi connectivity index (χ2v) is 6.61. The van der Waals surface area contributed by atoms with Gasteiger partial charge in [0.2, 0.25) is 0 Å². The topological polar surface area (TPSA) is 28.6 Å². The summed E-state index contributed by atoms with van der Waals surface area (Å²) in [5, 5.41) is 1.19. The van der Waals surface area contributed by atoms with E-state index in [4.69, 9.17) is 4.74 Å². The van der Waals surface area contributed by atoms with Crippen LogP contribution in [0.1, 0.15) is 0 Å². The van der Waals surface area contributed by atoms with Crippen molar-refractivity contribution >= 4 is 32.5 Å². The predicted octanol–water partition coefficient (Wildman–Crippen LogP) is 2.76. The van der Waals surface area contributed by atoms with Crippen LogP contribution in [0.2, 0.25) is 0 Å². The summed E-state index contributed by atoms with van der Waals surface area (Å²) in [6.45, 7) is 3.57. The zero-order valence-electron chi connectivity index (χ0n) is 12.4. The Morgan fingerprint density at radius 2 is 2.24 bits per heavy atom. The minimum absolute atomic E-state index is 0.254. The smallest absolute Gasteiger partial charge is 0.0877 e. The lowest BCUT2D eigenvalue weighted by Gasteiger charge is -2.36. The lowest BCUT2D eigenvalue weighted by Crippen LogP contribution is -2.46. The van der Waals surface area contributed by atoms with Crippen molar-refractivity contribution in [2.75, 3.05) is 45.2 Å². The van der Waals surface area contributed by atoms with Crippen molar-refractivity contribution in [1.82, 2.24) is 9.88 Å². The Morgan fingerprint density at radius 3 is 3.05 bits per heavy atom. The molecule has 0 saturated carbocycles. The van der Waals surface area contributed by atoms with Crippen LogP contribution in [0.4, 0.5) is 5.69 Å². The second-order valence-electron chi connectivity index (χ2n) is 5.69. The maximum Gasteiger partial charge on any atom is 0.0877 e. The minimum Gasteiger partial charge on any atom is -0.373 e. The average molecular weight is 350 g/mol. The van der Waals surface area contributed by atoms with Gasteiger partial charge in [0.15, 0.2) is 0 Å². The average Bonchev–Trinajstić information content (AvgIpc) is 2.46. The number of hydrogen-bond acceptors (Lipinski definition) is 4. The molecule has 1 aliphatic rings. The molecule has 0 amide bonds. The first-order valence-corrected chi connectivity index (χ1v) is 7.98. The van der Waals surface area contributed by atoms with Crippen LogP contribution in [-0.2, 0) is 4.74 Å². The van der Waals surface area contributed by atoms with Gasteiger partial charge in [-0.2, -0.15) is 0 Å². The van der Waals surface area contributed by atoms with Crippen LogP contribution in [0.5, 0.6) is 0 Å². The number of rotatable bonds is 3. The van der Waals surface area contributed by atoms with E-state index in [1.165, 1.54) is 11.1 Å². The molecule has 1 atom stereocenters. The number of hydrogen-bond donors (Lipinski definition) is 0. The number of morpholine rings is 1. The van der Waals surface area contributed by atoms with Gasteiger partial charge in [-0.25, -0.2) is 0 Å². The van der Waals surface area contributed by atoms with Crippen LogP contribution < -0.4 is 4.90 Å². The first kappa shape index (κ1) is 14.8. The Bertz CT molecular complexity index is 632. The Morgan fingerprint density at radius 1 is 1.38 bits per heavy atom. The van der Waals surface area contributed by atoms with E-state index in [0.717, 1.165) is 36.2 Å². The molecular formula is C16H20BrN3O. The summed E-state index contributed by atoms with van der Waals surface area (Å²) in [7, 11) is 4.17. The molecule has 1 aliphatic heterocycles. The van der Waals surface area contributed by atoms with Gasteiger partial charge in [0.05, 0.1) is 18.2 Å². The molecule has 1 saturated heterocycles. The van der Waals surface area contributed by atoms with E-state index in [1.807, 2.05) is 12.3 Å². The third kappa shape index (κ3) is 3.36. The summed E-state index contributed by atoms with van der Waals surface area (Å²) < 4.78 is 6.95. The molecule has 21 heavy (non-hydrogen) atoms. The van der Waals surface area contributed by atoms with Crippen molar-refractivity contribution in [2.45, 2.75) is 6.10 Å². The SMILES string of the molecule is CN(C)CC1CN(c2ccnc3ccc(Br)cc23)CCO1. The molecule has 0 bridgehead atoms. The Balaban J connectivity index is 1.90. The van der Waals surface area contributed by atoms with Crippen LogP contribution in [-0.4, -0.2) is 56.3 Å². The summed E-state index contributed by atoms with van der Waals surface area (Å²) in [6, 6.07) is 8.34.